The number of thioether (sulfide) groups is 1. The van der Waals surface area contributed by atoms with E-state index in [-0.39, 0.29) is 18.4 Å². The Balaban J connectivity index is 1.48. The van der Waals surface area contributed by atoms with E-state index in [1.165, 1.54) is 29.2 Å². The van der Waals surface area contributed by atoms with E-state index >= 15 is 0 Å². The van der Waals surface area contributed by atoms with Crippen LogP contribution < -0.4 is 15.0 Å². The van der Waals surface area contributed by atoms with Crippen molar-refractivity contribution >= 4 is 57.6 Å². The number of carbonyl (C=O) groups is 2. The van der Waals surface area contributed by atoms with E-state index in [0.717, 1.165) is 17.3 Å². The average Bonchev–Trinajstić information content (AvgIpc) is 3.06. The normalized spacial score (nSPS) is 14.6. The number of carbonyl (C=O) groups excluding carboxylic acids is 2. The molecule has 0 unspecified atom stereocenters. The van der Waals surface area contributed by atoms with Crippen molar-refractivity contribution in [3.05, 3.63) is 94.6 Å². The second-order valence-corrected chi connectivity index (χ2v) is 8.91. The topological polar surface area (TPSA) is 58.6 Å². The Morgan fingerprint density at radius 2 is 1.88 bits per heavy atom. The molecule has 33 heavy (non-hydrogen) atoms. The van der Waals surface area contributed by atoms with Crippen LogP contribution in [0.3, 0.4) is 0 Å². The van der Waals surface area contributed by atoms with Crippen LogP contribution in [0.25, 0.3) is 6.08 Å². The smallest absolute Gasteiger partial charge is 0.270 e. The first-order valence-corrected chi connectivity index (χ1v) is 11.2. The molecule has 166 valence electrons. The molecule has 0 aliphatic carbocycles. The zero-order chi connectivity index (χ0) is 23.4. The Labute approximate surface area is 200 Å². The molecule has 0 saturated carbocycles. The van der Waals surface area contributed by atoms with Gasteiger partial charge in [0.1, 0.15) is 11.6 Å². The van der Waals surface area contributed by atoms with Gasteiger partial charge in [-0.05, 0) is 61.0 Å². The minimum absolute atomic E-state index is 0.185. The highest BCUT2D eigenvalue weighted by Crippen LogP contribution is 2.37. The molecule has 0 spiro atoms. The summed E-state index contributed by atoms with van der Waals surface area (Å²) in [5.41, 5.74) is 2.87. The first-order chi connectivity index (χ1) is 15.9. The third kappa shape index (κ3) is 5.47. The van der Waals surface area contributed by atoms with Gasteiger partial charge in [-0.2, -0.15) is 0 Å². The summed E-state index contributed by atoms with van der Waals surface area (Å²) in [6.45, 7) is 1.76. The molecule has 1 saturated heterocycles. The van der Waals surface area contributed by atoms with Crippen molar-refractivity contribution in [1.29, 1.82) is 0 Å². The lowest BCUT2D eigenvalue weighted by Gasteiger charge is -2.14. The maximum atomic E-state index is 13.3. The second kappa shape index (κ2) is 9.97. The fourth-order valence-corrected chi connectivity index (χ4v) is 4.51. The second-order valence-electron chi connectivity index (χ2n) is 7.24. The molecule has 8 heteroatoms. The van der Waals surface area contributed by atoms with Gasteiger partial charge >= 0.3 is 0 Å². The summed E-state index contributed by atoms with van der Waals surface area (Å²) in [6, 6.07) is 20.2. The van der Waals surface area contributed by atoms with Gasteiger partial charge in [-0.3, -0.25) is 14.5 Å². The van der Waals surface area contributed by atoms with Gasteiger partial charge in [0.25, 0.3) is 11.8 Å². The summed E-state index contributed by atoms with van der Waals surface area (Å²) in [5, 5.41) is 2.80. The van der Waals surface area contributed by atoms with E-state index in [1.807, 2.05) is 37.3 Å². The van der Waals surface area contributed by atoms with Crippen molar-refractivity contribution in [1.82, 2.24) is 0 Å². The van der Waals surface area contributed by atoms with Crippen molar-refractivity contribution in [2.24, 2.45) is 0 Å². The third-order valence-corrected chi connectivity index (χ3v) is 6.05. The predicted octanol–water partition coefficient (Wildman–Crippen LogP) is 5.56. The zero-order valence-electron chi connectivity index (χ0n) is 17.6. The highest BCUT2D eigenvalue weighted by atomic mass is 32.2. The van der Waals surface area contributed by atoms with E-state index in [0.29, 0.717) is 31.9 Å². The molecule has 1 aliphatic heterocycles. The summed E-state index contributed by atoms with van der Waals surface area (Å²) in [4.78, 5) is 27.0. The molecule has 5 nitrogen and oxygen atoms in total. The summed E-state index contributed by atoms with van der Waals surface area (Å²) >= 11 is 6.52. The molecule has 2 amide bonds. The number of anilines is 2. The van der Waals surface area contributed by atoms with Gasteiger partial charge < -0.3 is 10.1 Å². The van der Waals surface area contributed by atoms with Gasteiger partial charge in [-0.25, -0.2) is 4.39 Å². The van der Waals surface area contributed by atoms with Gasteiger partial charge in [0.15, 0.2) is 10.9 Å². The molecular formula is C25H19FN2O3S2. The Bertz CT molecular complexity index is 1260. The minimum atomic E-state index is -0.391. The Morgan fingerprint density at radius 1 is 1.12 bits per heavy atom. The van der Waals surface area contributed by atoms with E-state index in [1.54, 1.807) is 24.3 Å². The number of hydrogen-bond acceptors (Lipinski definition) is 5. The first-order valence-electron chi connectivity index (χ1n) is 10.0. The van der Waals surface area contributed by atoms with E-state index < -0.39 is 5.82 Å². The van der Waals surface area contributed by atoms with Crippen LogP contribution in [-0.4, -0.2) is 22.7 Å². The third-order valence-electron chi connectivity index (χ3n) is 4.74. The molecule has 0 radical (unpaired) electrons. The average molecular weight is 479 g/mol. The summed E-state index contributed by atoms with van der Waals surface area (Å²) < 4.78 is 19.3. The number of nitrogens with zero attached hydrogens (tertiary/aromatic N) is 1. The molecular weight excluding hydrogens is 459 g/mol. The molecule has 1 N–H and O–H groups in total. The fraction of sp³-hybridized carbons (Fsp3) is 0.0800. The van der Waals surface area contributed by atoms with Gasteiger partial charge in [0.05, 0.1) is 10.6 Å². The van der Waals surface area contributed by atoms with Crippen molar-refractivity contribution in [3.63, 3.8) is 0 Å². The number of aryl methyl sites for hydroxylation is 1. The number of hydrogen-bond donors (Lipinski definition) is 1. The maximum Gasteiger partial charge on any atom is 0.270 e. The molecule has 1 fully saturated rings. The highest BCUT2D eigenvalue weighted by molar-refractivity contribution is 8.27. The molecule has 0 aromatic heterocycles. The molecule has 3 aromatic carbocycles. The van der Waals surface area contributed by atoms with E-state index in [2.05, 4.69) is 5.32 Å². The van der Waals surface area contributed by atoms with Crippen LogP contribution in [0.15, 0.2) is 77.7 Å². The van der Waals surface area contributed by atoms with Crippen LogP contribution in [0.1, 0.15) is 11.1 Å². The number of thiocarbonyl (C=S) groups is 1. The van der Waals surface area contributed by atoms with E-state index in [9.17, 15) is 14.0 Å². The number of nitrogens with one attached hydrogen (secondary N) is 1. The SMILES string of the molecule is Cc1cccc(NC(=O)COc2ccccc2/C=C2\SC(=S)N(c3ccc(F)cc3)C2=O)c1. The summed E-state index contributed by atoms with van der Waals surface area (Å²) in [5.74, 6) is -0.525. The quantitative estimate of drug-likeness (QED) is 0.371. The van der Waals surface area contributed by atoms with Gasteiger partial charge in [-0.15, -0.1) is 0 Å². The van der Waals surface area contributed by atoms with Crippen LogP contribution >= 0.6 is 24.0 Å². The Kier molecular flexibility index (Phi) is 6.86. The molecule has 0 bridgehead atoms. The van der Waals surface area contributed by atoms with Crippen molar-refractivity contribution in [2.45, 2.75) is 6.92 Å². The lowest BCUT2D eigenvalue weighted by atomic mass is 10.2. The van der Waals surface area contributed by atoms with Crippen LogP contribution in [0.4, 0.5) is 15.8 Å². The molecule has 1 aliphatic rings. The molecule has 4 rings (SSSR count). The monoisotopic (exact) mass is 478 g/mol. The van der Waals surface area contributed by atoms with Gasteiger partial charge in [0, 0.05) is 11.3 Å². The Hall–Kier alpha value is -3.49. The maximum absolute atomic E-state index is 13.3. The first kappa shape index (κ1) is 22.7. The number of rotatable bonds is 6. The summed E-state index contributed by atoms with van der Waals surface area (Å²) in [6.07, 6.45) is 1.68. The number of halogens is 1. The van der Waals surface area contributed by atoms with E-state index in [4.69, 9.17) is 17.0 Å². The largest absolute Gasteiger partial charge is 0.483 e. The van der Waals surface area contributed by atoms with Crippen LogP contribution in [-0.2, 0) is 9.59 Å². The molecule has 3 aromatic rings. The standard InChI is InChI=1S/C25H19FN2O3S2/c1-16-5-4-7-19(13-16)27-23(29)15-31-21-8-3-2-6-17(21)14-22-24(30)28(25(32)33-22)20-11-9-18(26)10-12-20/h2-14H,15H2,1H3,(H,27,29)/b22-14-. The number of ether oxygens (including phenoxy) is 1. The lowest BCUT2D eigenvalue weighted by Crippen LogP contribution is -2.27. The van der Waals surface area contributed by atoms with Crippen LogP contribution in [0.2, 0.25) is 0 Å². The van der Waals surface area contributed by atoms with Crippen LogP contribution in [0, 0.1) is 12.7 Å². The minimum Gasteiger partial charge on any atom is -0.483 e. The van der Waals surface area contributed by atoms with Crippen molar-refractivity contribution < 1.29 is 18.7 Å². The number of amides is 2. The predicted molar refractivity (Wildman–Crippen MR) is 134 cm³/mol. The van der Waals surface area contributed by atoms with Crippen LogP contribution in [0.5, 0.6) is 5.75 Å². The number of para-hydroxylation sites is 1. The Morgan fingerprint density at radius 3 is 2.64 bits per heavy atom. The number of benzene rings is 3. The van der Waals surface area contributed by atoms with Crippen molar-refractivity contribution in [3.8, 4) is 5.75 Å². The molecule has 0 atom stereocenters. The lowest BCUT2D eigenvalue weighted by molar-refractivity contribution is -0.118. The van der Waals surface area contributed by atoms with Gasteiger partial charge in [0.2, 0.25) is 0 Å². The highest BCUT2D eigenvalue weighted by Gasteiger charge is 2.33. The molecule has 1 heterocycles. The summed E-state index contributed by atoms with van der Waals surface area (Å²) in [7, 11) is 0. The van der Waals surface area contributed by atoms with Crippen molar-refractivity contribution in [2.75, 3.05) is 16.8 Å². The zero-order valence-corrected chi connectivity index (χ0v) is 19.2. The fourth-order valence-electron chi connectivity index (χ4n) is 3.22. The van der Waals surface area contributed by atoms with Gasteiger partial charge in [-0.1, -0.05) is 54.3 Å².